The number of aromatic nitrogens is 2. The van der Waals surface area contributed by atoms with Gasteiger partial charge in [0.25, 0.3) is 0 Å². The molecule has 94 valence electrons. The van der Waals surface area contributed by atoms with E-state index in [9.17, 15) is 0 Å². The molecule has 0 amide bonds. The SMILES string of the molecule is NC(c1ccc(Cl)cc1)c1cccc2nccnc12. The van der Waals surface area contributed by atoms with Crippen molar-refractivity contribution in [1.29, 1.82) is 0 Å². The van der Waals surface area contributed by atoms with Crippen molar-refractivity contribution in [2.75, 3.05) is 0 Å². The molecule has 0 aliphatic heterocycles. The molecule has 2 aromatic carbocycles. The van der Waals surface area contributed by atoms with Gasteiger partial charge in [0.05, 0.1) is 17.1 Å². The Morgan fingerprint density at radius 1 is 0.947 bits per heavy atom. The molecule has 3 aromatic rings. The highest BCUT2D eigenvalue weighted by Crippen LogP contribution is 2.25. The second kappa shape index (κ2) is 4.96. The lowest BCUT2D eigenvalue weighted by molar-refractivity contribution is 0.876. The summed E-state index contributed by atoms with van der Waals surface area (Å²) in [5.74, 6) is 0. The van der Waals surface area contributed by atoms with Crippen LogP contribution in [0.15, 0.2) is 54.9 Å². The number of nitrogens with zero attached hydrogens (tertiary/aromatic N) is 2. The first-order chi connectivity index (χ1) is 9.25. The van der Waals surface area contributed by atoms with E-state index in [0.29, 0.717) is 5.02 Å². The van der Waals surface area contributed by atoms with Crippen LogP contribution in [0.2, 0.25) is 5.02 Å². The predicted molar refractivity (Wildman–Crippen MR) is 77.0 cm³/mol. The summed E-state index contributed by atoms with van der Waals surface area (Å²) < 4.78 is 0. The summed E-state index contributed by atoms with van der Waals surface area (Å²) in [7, 11) is 0. The molecule has 0 bridgehead atoms. The van der Waals surface area contributed by atoms with E-state index in [-0.39, 0.29) is 6.04 Å². The number of fused-ring (bicyclic) bond motifs is 1. The average molecular weight is 270 g/mol. The molecule has 1 aromatic heterocycles. The summed E-state index contributed by atoms with van der Waals surface area (Å²) in [4.78, 5) is 8.67. The number of rotatable bonds is 2. The zero-order valence-corrected chi connectivity index (χ0v) is 10.9. The topological polar surface area (TPSA) is 51.8 Å². The van der Waals surface area contributed by atoms with Gasteiger partial charge in [0.1, 0.15) is 0 Å². The fraction of sp³-hybridized carbons (Fsp3) is 0.0667. The first kappa shape index (κ1) is 12.1. The van der Waals surface area contributed by atoms with Crippen molar-refractivity contribution in [2.24, 2.45) is 5.73 Å². The summed E-state index contributed by atoms with van der Waals surface area (Å²) in [6, 6.07) is 13.2. The summed E-state index contributed by atoms with van der Waals surface area (Å²) in [6.45, 7) is 0. The molecule has 1 heterocycles. The van der Waals surface area contributed by atoms with Crippen molar-refractivity contribution < 1.29 is 0 Å². The van der Waals surface area contributed by atoms with E-state index in [1.54, 1.807) is 12.4 Å². The van der Waals surface area contributed by atoms with Crippen LogP contribution < -0.4 is 5.73 Å². The summed E-state index contributed by atoms with van der Waals surface area (Å²) in [5.41, 5.74) is 9.98. The molecule has 0 saturated heterocycles. The van der Waals surface area contributed by atoms with E-state index in [1.165, 1.54) is 0 Å². The number of nitrogens with two attached hydrogens (primary N) is 1. The highest BCUT2D eigenvalue weighted by atomic mass is 35.5. The van der Waals surface area contributed by atoms with Crippen LogP contribution in [-0.4, -0.2) is 9.97 Å². The smallest absolute Gasteiger partial charge is 0.0937 e. The van der Waals surface area contributed by atoms with Gasteiger partial charge in [0.15, 0.2) is 0 Å². The number of hydrogen-bond acceptors (Lipinski definition) is 3. The quantitative estimate of drug-likeness (QED) is 0.776. The first-order valence-corrected chi connectivity index (χ1v) is 6.34. The van der Waals surface area contributed by atoms with Gasteiger partial charge in [-0.05, 0) is 23.8 Å². The molecule has 3 nitrogen and oxygen atoms in total. The molecule has 0 spiro atoms. The monoisotopic (exact) mass is 269 g/mol. The van der Waals surface area contributed by atoms with Gasteiger partial charge >= 0.3 is 0 Å². The van der Waals surface area contributed by atoms with Crippen LogP contribution in [0.3, 0.4) is 0 Å². The van der Waals surface area contributed by atoms with Gasteiger partial charge in [-0.15, -0.1) is 0 Å². The Morgan fingerprint density at radius 3 is 2.47 bits per heavy atom. The zero-order chi connectivity index (χ0) is 13.2. The lowest BCUT2D eigenvalue weighted by Gasteiger charge is -2.14. The Morgan fingerprint density at radius 2 is 1.68 bits per heavy atom. The highest BCUT2D eigenvalue weighted by molar-refractivity contribution is 6.30. The van der Waals surface area contributed by atoms with E-state index in [2.05, 4.69) is 9.97 Å². The first-order valence-electron chi connectivity index (χ1n) is 5.96. The number of hydrogen-bond donors (Lipinski definition) is 1. The van der Waals surface area contributed by atoms with Gasteiger partial charge < -0.3 is 5.73 Å². The lowest BCUT2D eigenvalue weighted by atomic mass is 9.98. The van der Waals surface area contributed by atoms with Gasteiger partial charge in [0, 0.05) is 23.0 Å². The fourth-order valence-corrected chi connectivity index (χ4v) is 2.24. The van der Waals surface area contributed by atoms with Crippen LogP contribution in [0.1, 0.15) is 17.2 Å². The Kier molecular flexibility index (Phi) is 3.15. The fourth-order valence-electron chi connectivity index (χ4n) is 2.12. The Labute approximate surface area is 116 Å². The molecule has 0 radical (unpaired) electrons. The molecule has 0 aliphatic carbocycles. The number of halogens is 1. The van der Waals surface area contributed by atoms with Gasteiger partial charge in [-0.2, -0.15) is 0 Å². The molecule has 1 unspecified atom stereocenters. The molecule has 0 aliphatic rings. The maximum Gasteiger partial charge on any atom is 0.0937 e. The van der Waals surface area contributed by atoms with Crippen LogP contribution in [-0.2, 0) is 0 Å². The molecule has 0 saturated carbocycles. The maximum absolute atomic E-state index is 6.32. The van der Waals surface area contributed by atoms with Gasteiger partial charge in [0.2, 0.25) is 0 Å². The Hall–Kier alpha value is -1.97. The summed E-state index contributed by atoms with van der Waals surface area (Å²) >= 11 is 5.89. The Balaban J connectivity index is 2.11. The third kappa shape index (κ3) is 2.30. The highest BCUT2D eigenvalue weighted by Gasteiger charge is 2.13. The molecule has 19 heavy (non-hydrogen) atoms. The lowest BCUT2D eigenvalue weighted by Crippen LogP contribution is -2.12. The second-order valence-electron chi connectivity index (χ2n) is 4.30. The minimum Gasteiger partial charge on any atom is -0.320 e. The van der Waals surface area contributed by atoms with E-state index in [1.807, 2.05) is 42.5 Å². The van der Waals surface area contributed by atoms with E-state index >= 15 is 0 Å². The minimum absolute atomic E-state index is 0.238. The normalized spacial score (nSPS) is 12.5. The minimum atomic E-state index is -0.238. The molecule has 3 rings (SSSR count). The number of para-hydroxylation sites is 1. The van der Waals surface area contributed by atoms with Gasteiger partial charge in [-0.25, -0.2) is 0 Å². The summed E-state index contributed by atoms with van der Waals surface area (Å²) in [5, 5.41) is 0.702. The zero-order valence-electron chi connectivity index (χ0n) is 10.1. The largest absolute Gasteiger partial charge is 0.320 e. The van der Waals surface area contributed by atoms with Crippen molar-refractivity contribution in [3.8, 4) is 0 Å². The van der Waals surface area contributed by atoms with Gasteiger partial charge in [-0.3, -0.25) is 9.97 Å². The standard InChI is InChI=1S/C15H12ClN3/c16-11-6-4-10(5-7-11)14(17)12-2-1-3-13-15(12)19-9-8-18-13/h1-9,14H,17H2. The van der Waals surface area contributed by atoms with Crippen molar-refractivity contribution >= 4 is 22.6 Å². The van der Waals surface area contributed by atoms with Crippen LogP contribution in [0.4, 0.5) is 0 Å². The van der Waals surface area contributed by atoms with E-state index < -0.39 is 0 Å². The number of benzene rings is 2. The molecule has 1 atom stereocenters. The van der Waals surface area contributed by atoms with Crippen molar-refractivity contribution in [3.63, 3.8) is 0 Å². The molecular weight excluding hydrogens is 258 g/mol. The maximum atomic E-state index is 6.32. The molecular formula is C15H12ClN3. The van der Waals surface area contributed by atoms with E-state index in [0.717, 1.165) is 22.2 Å². The third-order valence-corrected chi connectivity index (χ3v) is 3.35. The molecule has 0 fully saturated rings. The van der Waals surface area contributed by atoms with Crippen molar-refractivity contribution in [2.45, 2.75) is 6.04 Å². The van der Waals surface area contributed by atoms with Crippen molar-refractivity contribution in [3.05, 3.63) is 71.0 Å². The van der Waals surface area contributed by atoms with Crippen LogP contribution in [0.5, 0.6) is 0 Å². The van der Waals surface area contributed by atoms with Crippen LogP contribution in [0, 0.1) is 0 Å². The predicted octanol–water partition coefficient (Wildman–Crippen LogP) is 3.33. The molecule has 2 N–H and O–H groups in total. The third-order valence-electron chi connectivity index (χ3n) is 3.09. The molecule has 4 heteroatoms. The Bertz CT molecular complexity index is 705. The van der Waals surface area contributed by atoms with Crippen LogP contribution in [0.25, 0.3) is 11.0 Å². The van der Waals surface area contributed by atoms with Gasteiger partial charge in [-0.1, -0.05) is 35.9 Å². The second-order valence-corrected chi connectivity index (χ2v) is 4.74. The van der Waals surface area contributed by atoms with Crippen LogP contribution >= 0.6 is 11.6 Å². The van der Waals surface area contributed by atoms with E-state index in [4.69, 9.17) is 17.3 Å². The summed E-state index contributed by atoms with van der Waals surface area (Å²) in [6.07, 6.45) is 3.36. The average Bonchev–Trinajstić information content (AvgIpc) is 2.47. The van der Waals surface area contributed by atoms with Crippen molar-refractivity contribution in [1.82, 2.24) is 9.97 Å².